The number of hydrogen-bond donors (Lipinski definition) is 0. The summed E-state index contributed by atoms with van der Waals surface area (Å²) in [6, 6.07) is 18.6. The lowest BCUT2D eigenvalue weighted by atomic mass is 9.94. The van der Waals surface area contributed by atoms with E-state index in [2.05, 4.69) is 30.3 Å². The molecule has 0 saturated carbocycles. The van der Waals surface area contributed by atoms with Crippen molar-refractivity contribution >= 4 is 55.1 Å². The van der Waals surface area contributed by atoms with Crippen LogP contribution >= 0.6 is 11.6 Å². The van der Waals surface area contributed by atoms with E-state index in [-0.39, 0.29) is 0 Å². The molecule has 0 radical (unpaired) electrons. The van der Waals surface area contributed by atoms with Crippen LogP contribution in [0.2, 0.25) is 5.02 Å². The number of furan rings is 1. The Hall–Kier alpha value is -2.25. The molecule has 5 aromatic rings. The predicted molar refractivity (Wildman–Crippen MR) is 84.9 cm³/mol. The second-order valence-electron chi connectivity index (χ2n) is 5.15. The predicted octanol–water partition coefficient (Wildman–Crippen LogP) is 5.98. The smallest absolute Gasteiger partial charge is 0.137 e. The molecule has 20 heavy (non-hydrogen) atoms. The third-order valence-electron chi connectivity index (χ3n) is 4.07. The fraction of sp³-hybridized carbons (Fsp3) is 0. The third kappa shape index (κ3) is 1.14. The SMILES string of the molecule is Clc1cc2oc3cccc4c5ccccc5c(c1)c2c34. The first-order valence-electron chi connectivity index (χ1n) is 6.57. The van der Waals surface area contributed by atoms with Crippen LogP contribution in [0.15, 0.2) is 59.0 Å². The highest BCUT2D eigenvalue weighted by Crippen LogP contribution is 2.43. The van der Waals surface area contributed by atoms with Crippen LogP contribution in [0, 0.1) is 0 Å². The average Bonchev–Trinajstić information content (AvgIpc) is 2.84. The molecule has 1 aromatic heterocycles. The van der Waals surface area contributed by atoms with Gasteiger partial charge in [-0.25, -0.2) is 0 Å². The van der Waals surface area contributed by atoms with Crippen molar-refractivity contribution in [3.05, 3.63) is 59.6 Å². The van der Waals surface area contributed by atoms with E-state index >= 15 is 0 Å². The second-order valence-corrected chi connectivity index (χ2v) is 5.59. The van der Waals surface area contributed by atoms with Crippen molar-refractivity contribution in [2.24, 2.45) is 0 Å². The number of fused-ring (bicyclic) bond motifs is 3. The van der Waals surface area contributed by atoms with Gasteiger partial charge in [-0.2, -0.15) is 0 Å². The number of rotatable bonds is 0. The van der Waals surface area contributed by atoms with E-state index in [0.29, 0.717) is 5.02 Å². The van der Waals surface area contributed by atoms with E-state index in [1.807, 2.05) is 24.3 Å². The van der Waals surface area contributed by atoms with Crippen molar-refractivity contribution in [2.45, 2.75) is 0 Å². The Kier molecular flexibility index (Phi) is 1.81. The van der Waals surface area contributed by atoms with Gasteiger partial charge in [0.05, 0.1) is 0 Å². The Labute approximate surface area is 119 Å². The van der Waals surface area contributed by atoms with E-state index in [9.17, 15) is 0 Å². The maximum atomic E-state index is 6.26. The van der Waals surface area contributed by atoms with Crippen LogP contribution < -0.4 is 0 Å². The summed E-state index contributed by atoms with van der Waals surface area (Å²) in [6.45, 7) is 0. The lowest BCUT2D eigenvalue weighted by Gasteiger charge is -2.07. The molecule has 94 valence electrons. The van der Waals surface area contributed by atoms with Gasteiger partial charge >= 0.3 is 0 Å². The zero-order valence-corrected chi connectivity index (χ0v) is 11.2. The minimum atomic E-state index is 0.713. The maximum absolute atomic E-state index is 6.26. The van der Waals surface area contributed by atoms with E-state index in [4.69, 9.17) is 16.0 Å². The normalized spacial score (nSPS) is 12.2. The van der Waals surface area contributed by atoms with E-state index < -0.39 is 0 Å². The van der Waals surface area contributed by atoms with E-state index in [0.717, 1.165) is 11.2 Å². The summed E-state index contributed by atoms with van der Waals surface area (Å²) in [5.74, 6) is 0. The number of halogens is 1. The minimum Gasteiger partial charge on any atom is -0.456 e. The summed E-state index contributed by atoms with van der Waals surface area (Å²) in [6.07, 6.45) is 0. The van der Waals surface area contributed by atoms with Crippen molar-refractivity contribution < 1.29 is 4.42 Å². The second kappa shape index (κ2) is 3.44. The number of hydrogen-bond acceptors (Lipinski definition) is 1. The van der Waals surface area contributed by atoms with Gasteiger partial charge < -0.3 is 4.42 Å². The van der Waals surface area contributed by atoms with E-state index in [1.54, 1.807) is 0 Å². The molecule has 0 amide bonds. The van der Waals surface area contributed by atoms with Crippen LogP contribution in [0.5, 0.6) is 0 Å². The first kappa shape index (κ1) is 10.5. The molecular weight excluding hydrogens is 268 g/mol. The highest BCUT2D eigenvalue weighted by molar-refractivity contribution is 6.37. The summed E-state index contributed by atoms with van der Waals surface area (Å²) in [7, 11) is 0. The maximum Gasteiger partial charge on any atom is 0.137 e. The molecule has 4 aromatic carbocycles. The highest BCUT2D eigenvalue weighted by Gasteiger charge is 2.16. The minimum absolute atomic E-state index is 0.713. The third-order valence-corrected chi connectivity index (χ3v) is 4.29. The fourth-order valence-corrected chi connectivity index (χ4v) is 3.51. The van der Waals surface area contributed by atoms with Crippen LogP contribution in [-0.2, 0) is 0 Å². The summed E-state index contributed by atoms with van der Waals surface area (Å²) in [5, 5.41) is 7.97. The largest absolute Gasteiger partial charge is 0.456 e. The monoisotopic (exact) mass is 276 g/mol. The van der Waals surface area contributed by atoms with Crippen molar-refractivity contribution in [1.82, 2.24) is 0 Å². The van der Waals surface area contributed by atoms with Crippen LogP contribution in [-0.4, -0.2) is 0 Å². The topological polar surface area (TPSA) is 13.1 Å². The molecule has 0 bridgehead atoms. The molecule has 0 aliphatic rings. The molecule has 0 aliphatic heterocycles. The average molecular weight is 277 g/mol. The lowest BCUT2D eigenvalue weighted by Crippen LogP contribution is -1.81. The van der Waals surface area contributed by atoms with Gasteiger partial charge in [-0.1, -0.05) is 48.0 Å². The molecule has 2 heteroatoms. The van der Waals surface area contributed by atoms with Crippen molar-refractivity contribution in [1.29, 1.82) is 0 Å². The Balaban J connectivity index is 2.32. The summed E-state index contributed by atoms with van der Waals surface area (Å²) in [5.41, 5.74) is 1.79. The van der Waals surface area contributed by atoms with Gasteiger partial charge in [0.15, 0.2) is 0 Å². The molecule has 0 fully saturated rings. The molecule has 1 heterocycles. The Bertz CT molecular complexity index is 1100. The van der Waals surface area contributed by atoms with Crippen LogP contribution in [0.3, 0.4) is 0 Å². The molecule has 0 unspecified atom stereocenters. The van der Waals surface area contributed by atoms with Gasteiger partial charge in [-0.05, 0) is 33.7 Å². The van der Waals surface area contributed by atoms with Crippen molar-refractivity contribution in [3.63, 3.8) is 0 Å². The Morgan fingerprint density at radius 3 is 2.20 bits per heavy atom. The zero-order chi connectivity index (χ0) is 13.3. The number of benzene rings is 4. The summed E-state index contributed by atoms with van der Waals surface area (Å²) >= 11 is 6.26. The lowest BCUT2D eigenvalue weighted by molar-refractivity contribution is 0.669. The van der Waals surface area contributed by atoms with Gasteiger partial charge in [-0.3, -0.25) is 0 Å². The molecule has 0 spiro atoms. The first-order chi connectivity index (χ1) is 9.83. The van der Waals surface area contributed by atoms with Gasteiger partial charge in [0.1, 0.15) is 11.2 Å². The van der Waals surface area contributed by atoms with Crippen LogP contribution in [0.1, 0.15) is 0 Å². The molecule has 5 rings (SSSR count). The molecular formula is C18H9ClO. The molecule has 0 atom stereocenters. The quantitative estimate of drug-likeness (QED) is 0.317. The molecule has 0 aliphatic carbocycles. The van der Waals surface area contributed by atoms with Gasteiger partial charge in [0.2, 0.25) is 0 Å². The van der Waals surface area contributed by atoms with Crippen molar-refractivity contribution in [2.75, 3.05) is 0 Å². The summed E-state index contributed by atoms with van der Waals surface area (Å²) < 4.78 is 5.98. The molecule has 1 nitrogen and oxygen atoms in total. The standard InChI is InChI=1S/C18H9ClO/c19-10-8-14-12-5-2-1-4-11(12)13-6-3-7-15-17(13)18(14)16(9-10)20-15/h1-9H. The van der Waals surface area contributed by atoms with E-state index in [1.165, 1.54) is 32.3 Å². The molecule has 0 N–H and O–H groups in total. The molecule has 0 saturated heterocycles. The van der Waals surface area contributed by atoms with Crippen molar-refractivity contribution in [3.8, 4) is 0 Å². The summed E-state index contributed by atoms with van der Waals surface area (Å²) in [4.78, 5) is 0. The zero-order valence-electron chi connectivity index (χ0n) is 10.5. The van der Waals surface area contributed by atoms with Gasteiger partial charge in [-0.15, -0.1) is 0 Å². The Morgan fingerprint density at radius 1 is 0.650 bits per heavy atom. The van der Waals surface area contributed by atoms with Crippen LogP contribution in [0.25, 0.3) is 43.5 Å². The van der Waals surface area contributed by atoms with Gasteiger partial charge in [0.25, 0.3) is 0 Å². The van der Waals surface area contributed by atoms with Crippen LogP contribution in [0.4, 0.5) is 0 Å². The fourth-order valence-electron chi connectivity index (χ4n) is 3.30. The Morgan fingerprint density at radius 2 is 1.35 bits per heavy atom. The first-order valence-corrected chi connectivity index (χ1v) is 6.95. The van der Waals surface area contributed by atoms with Gasteiger partial charge in [0, 0.05) is 21.9 Å². The highest BCUT2D eigenvalue weighted by atomic mass is 35.5.